The Morgan fingerprint density at radius 3 is 2.49 bits per heavy atom. The van der Waals surface area contributed by atoms with E-state index in [0.29, 0.717) is 11.3 Å². The Morgan fingerprint density at radius 2 is 1.86 bits per heavy atom. The summed E-state index contributed by atoms with van der Waals surface area (Å²) >= 11 is 0. The molecule has 8 nitrogen and oxygen atoms in total. The molecule has 11 heteroatoms. The molecule has 186 valence electrons. The van der Waals surface area contributed by atoms with Gasteiger partial charge in [0.2, 0.25) is 5.89 Å². The summed E-state index contributed by atoms with van der Waals surface area (Å²) in [4.78, 5) is 30.4. The number of carbonyl (C=O) groups is 2. The second-order valence-electron chi connectivity index (χ2n) is 7.68. The lowest BCUT2D eigenvalue weighted by Gasteiger charge is -2.27. The summed E-state index contributed by atoms with van der Waals surface area (Å²) in [7, 11) is 0. The minimum atomic E-state index is -4.79. The first-order valence-corrected chi connectivity index (χ1v) is 10.7. The molecule has 3 rings (SSSR count). The lowest BCUT2D eigenvalue weighted by Crippen LogP contribution is -2.39. The molecule has 2 aromatic carbocycles. The van der Waals surface area contributed by atoms with Crippen molar-refractivity contribution in [3.8, 4) is 17.2 Å². The molecule has 0 saturated carbocycles. The Bertz CT molecular complexity index is 1160. The fourth-order valence-corrected chi connectivity index (χ4v) is 3.13. The molecule has 0 saturated heterocycles. The van der Waals surface area contributed by atoms with Gasteiger partial charge in [0.1, 0.15) is 12.0 Å². The minimum Gasteiger partial charge on any atom is -0.461 e. The van der Waals surface area contributed by atoms with Crippen molar-refractivity contribution in [3.63, 3.8) is 0 Å². The molecule has 1 N–H and O–H groups in total. The fourth-order valence-electron chi connectivity index (χ4n) is 3.13. The first kappa shape index (κ1) is 25.6. The predicted octanol–water partition coefficient (Wildman–Crippen LogP) is 5.86. The van der Waals surface area contributed by atoms with E-state index in [9.17, 15) is 22.8 Å². The van der Waals surface area contributed by atoms with Gasteiger partial charge in [0.15, 0.2) is 5.69 Å². The molecular weight excluding hydrogens is 467 g/mol. The molecule has 1 aromatic heterocycles. The number of benzene rings is 2. The van der Waals surface area contributed by atoms with Crippen LogP contribution in [0, 0.1) is 0 Å². The Hall–Kier alpha value is -4.02. The summed E-state index contributed by atoms with van der Waals surface area (Å²) in [6.07, 6.45) is -3.57. The summed E-state index contributed by atoms with van der Waals surface area (Å²) in [6, 6.07) is 11.4. The lowest BCUT2D eigenvalue weighted by atomic mass is 10.1. The monoisotopic (exact) mass is 491 g/mol. The molecule has 35 heavy (non-hydrogen) atoms. The van der Waals surface area contributed by atoms with Gasteiger partial charge in [-0.05, 0) is 62.7 Å². The van der Waals surface area contributed by atoms with Gasteiger partial charge in [0, 0.05) is 23.8 Å². The number of aromatic nitrogens is 1. The summed E-state index contributed by atoms with van der Waals surface area (Å²) in [5, 5.41) is 2.68. The van der Waals surface area contributed by atoms with E-state index >= 15 is 0 Å². The quantitative estimate of drug-likeness (QED) is 0.397. The number of carbonyl (C=O) groups excluding carboxylic acids is 2. The van der Waals surface area contributed by atoms with Gasteiger partial charge in [0.25, 0.3) is 0 Å². The average Bonchev–Trinajstić information content (AvgIpc) is 3.28. The highest BCUT2D eigenvalue weighted by atomic mass is 19.4. The van der Waals surface area contributed by atoms with Crippen LogP contribution in [-0.4, -0.2) is 40.9 Å². The molecule has 3 aromatic rings. The number of ether oxygens (including phenoxy) is 2. The van der Waals surface area contributed by atoms with Crippen molar-refractivity contribution in [1.82, 2.24) is 9.88 Å². The number of hydrogen-bond acceptors (Lipinski definition) is 6. The van der Waals surface area contributed by atoms with E-state index in [4.69, 9.17) is 9.15 Å². The van der Waals surface area contributed by atoms with Gasteiger partial charge >= 0.3 is 18.4 Å². The second kappa shape index (κ2) is 10.9. The summed E-state index contributed by atoms with van der Waals surface area (Å²) in [5.41, 5.74) is 1.76. The Balaban J connectivity index is 1.70. The van der Waals surface area contributed by atoms with E-state index in [1.54, 1.807) is 30.0 Å². The molecule has 0 spiro atoms. The average molecular weight is 491 g/mol. The molecule has 1 heterocycles. The molecule has 0 aliphatic heterocycles. The van der Waals surface area contributed by atoms with Gasteiger partial charge in [-0.1, -0.05) is 12.1 Å². The topological polar surface area (TPSA) is 93.9 Å². The number of hydrogen-bond donors (Lipinski definition) is 1. The maximum atomic E-state index is 12.9. The molecule has 0 bridgehead atoms. The Morgan fingerprint density at radius 1 is 1.14 bits per heavy atom. The normalized spacial score (nSPS) is 11.3. The molecule has 0 aliphatic carbocycles. The van der Waals surface area contributed by atoms with Crippen molar-refractivity contribution in [2.45, 2.75) is 39.7 Å². The third-order valence-electron chi connectivity index (χ3n) is 4.74. The number of halogens is 3. The highest BCUT2D eigenvalue weighted by Crippen LogP contribution is 2.25. The highest BCUT2D eigenvalue weighted by molar-refractivity contribution is 5.89. The van der Waals surface area contributed by atoms with Crippen molar-refractivity contribution >= 4 is 17.7 Å². The van der Waals surface area contributed by atoms with Gasteiger partial charge in [-0.2, -0.15) is 0 Å². The highest BCUT2D eigenvalue weighted by Gasteiger charge is 2.31. The molecular formula is C24H24F3N3O5. The number of amides is 2. The van der Waals surface area contributed by atoms with Crippen molar-refractivity contribution < 1.29 is 36.7 Å². The third kappa shape index (κ3) is 7.23. The number of rotatable bonds is 8. The Kier molecular flexibility index (Phi) is 8.00. The zero-order chi connectivity index (χ0) is 25.6. The smallest absolute Gasteiger partial charge is 0.461 e. The zero-order valence-electron chi connectivity index (χ0n) is 19.3. The maximum absolute atomic E-state index is 12.9. The van der Waals surface area contributed by atoms with Crippen LogP contribution in [0.4, 0.5) is 23.7 Å². The van der Waals surface area contributed by atoms with Gasteiger partial charge < -0.3 is 24.1 Å². The predicted molar refractivity (Wildman–Crippen MR) is 121 cm³/mol. The van der Waals surface area contributed by atoms with E-state index in [0.717, 1.165) is 17.7 Å². The molecule has 0 fully saturated rings. The van der Waals surface area contributed by atoms with Crippen LogP contribution in [-0.2, 0) is 11.3 Å². The number of esters is 1. The van der Waals surface area contributed by atoms with E-state index in [2.05, 4.69) is 15.0 Å². The van der Waals surface area contributed by atoms with Crippen LogP contribution in [0.15, 0.2) is 59.2 Å². The van der Waals surface area contributed by atoms with E-state index in [1.165, 1.54) is 18.4 Å². The summed E-state index contributed by atoms with van der Waals surface area (Å²) < 4.78 is 51.1. The minimum absolute atomic E-state index is 0.0575. The van der Waals surface area contributed by atoms with Crippen LogP contribution < -0.4 is 10.1 Å². The SMILES string of the molecule is CCOC(=O)c1coc(-c2cccc(CN(C(=O)Nc3ccc(OC(F)(F)F)cc3)C(C)C)c2)n1. The molecule has 0 aliphatic rings. The standard InChI is InChI=1S/C24H24F3N3O5/c1-4-33-22(31)20-14-34-21(29-20)17-7-5-6-16(12-17)13-30(15(2)3)23(32)28-18-8-10-19(11-9-18)35-24(25,26)27/h5-12,14-15H,4,13H2,1-3H3,(H,28,32). The fraction of sp³-hybridized carbons (Fsp3) is 0.292. The lowest BCUT2D eigenvalue weighted by molar-refractivity contribution is -0.274. The van der Waals surface area contributed by atoms with Crippen LogP contribution in [0.3, 0.4) is 0 Å². The Labute approximate surface area is 199 Å². The third-order valence-corrected chi connectivity index (χ3v) is 4.74. The maximum Gasteiger partial charge on any atom is 0.573 e. The zero-order valence-corrected chi connectivity index (χ0v) is 19.3. The number of oxazole rings is 1. The number of urea groups is 1. The van der Waals surface area contributed by atoms with Crippen LogP contribution in [0.5, 0.6) is 5.75 Å². The summed E-state index contributed by atoms with van der Waals surface area (Å²) in [5.74, 6) is -0.735. The first-order valence-electron chi connectivity index (χ1n) is 10.7. The van der Waals surface area contributed by atoms with Gasteiger partial charge in [-0.25, -0.2) is 14.6 Å². The molecule has 0 radical (unpaired) electrons. The van der Waals surface area contributed by atoms with E-state index in [-0.39, 0.29) is 36.5 Å². The van der Waals surface area contributed by atoms with Crippen LogP contribution in [0.1, 0.15) is 36.8 Å². The van der Waals surface area contributed by atoms with Crippen molar-refractivity contribution in [2.75, 3.05) is 11.9 Å². The number of anilines is 1. The van der Waals surface area contributed by atoms with Crippen LogP contribution in [0.2, 0.25) is 0 Å². The van der Waals surface area contributed by atoms with E-state index < -0.39 is 18.4 Å². The molecule has 0 unspecified atom stereocenters. The van der Waals surface area contributed by atoms with Crippen molar-refractivity contribution in [1.29, 1.82) is 0 Å². The van der Waals surface area contributed by atoms with Crippen molar-refractivity contribution in [2.24, 2.45) is 0 Å². The summed E-state index contributed by atoms with van der Waals surface area (Å²) in [6.45, 7) is 5.82. The second-order valence-corrected chi connectivity index (χ2v) is 7.68. The van der Waals surface area contributed by atoms with Crippen LogP contribution >= 0.6 is 0 Å². The van der Waals surface area contributed by atoms with Gasteiger partial charge in [-0.3, -0.25) is 0 Å². The first-order chi connectivity index (χ1) is 16.6. The van der Waals surface area contributed by atoms with E-state index in [1.807, 2.05) is 19.9 Å². The largest absolute Gasteiger partial charge is 0.573 e. The molecule has 2 amide bonds. The number of nitrogens with zero attached hydrogens (tertiary/aromatic N) is 2. The number of nitrogens with one attached hydrogen (secondary N) is 1. The number of alkyl halides is 3. The molecule has 0 atom stereocenters. The van der Waals surface area contributed by atoms with Crippen LogP contribution in [0.25, 0.3) is 11.5 Å². The van der Waals surface area contributed by atoms with Gasteiger partial charge in [0.05, 0.1) is 6.61 Å². The van der Waals surface area contributed by atoms with Crippen molar-refractivity contribution in [3.05, 3.63) is 66.1 Å². The van der Waals surface area contributed by atoms with Gasteiger partial charge in [-0.15, -0.1) is 13.2 Å².